The van der Waals surface area contributed by atoms with Crippen LogP contribution in [0.5, 0.6) is 0 Å². The molecule has 0 amide bonds. The number of anilines is 2. The molecule has 2 spiro atoms. The van der Waals surface area contributed by atoms with Crippen LogP contribution in [-0.2, 0) is 23.7 Å². The Labute approximate surface area is 400 Å². The Bertz CT molecular complexity index is 3330. The Morgan fingerprint density at radius 3 is 1.16 bits per heavy atom. The summed E-state index contributed by atoms with van der Waals surface area (Å²) in [5.41, 5.74) is 25.3. The maximum atomic E-state index is 2.66. The van der Waals surface area contributed by atoms with E-state index >= 15 is 0 Å². The van der Waals surface area contributed by atoms with Gasteiger partial charge in [0, 0.05) is 48.4 Å². The second-order valence-corrected chi connectivity index (χ2v) is 21.0. The lowest BCUT2D eigenvalue weighted by atomic mass is 9.72. The van der Waals surface area contributed by atoms with E-state index in [4.69, 9.17) is 0 Å². The highest BCUT2D eigenvalue weighted by Gasteiger charge is 2.50. The number of benzene rings is 9. The average molecular weight is 877 g/mol. The minimum Gasteiger partial charge on any atom is -0.372 e. The summed E-state index contributed by atoms with van der Waals surface area (Å²) in [4.78, 5) is 5.32. The molecule has 2 heterocycles. The molecule has 0 bridgehead atoms. The zero-order valence-corrected chi connectivity index (χ0v) is 39.0. The molecule has 15 rings (SSSR count). The minimum atomic E-state index is -0.152. The van der Waals surface area contributed by atoms with E-state index in [9.17, 15) is 0 Å². The van der Waals surface area contributed by atoms with Crippen molar-refractivity contribution in [1.82, 2.24) is 0 Å². The Morgan fingerprint density at radius 1 is 0.309 bits per heavy atom. The molecule has 2 nitrogen and oxygen atoms in total. The minimum absolute atomic E-state index is 0.152. The molecule has 68 heavy (non-hydrogen) atoms. The van der Waals surface area contributed by atoms with Gasteiger partial charge in [0.25, 0.3) is 0 Å². The standard InChI is InChI=1S/C66H56N2/c1-11-35-67(36-12-1)47-25-29-53-55(41-47)63(45-23-27-51-49-17-5-9-21-59(49)65(61(51)39-45)33-31-43-15-3-7-19-57(43)65)54-30-26-48(68-37-13-2-14-38-68)42-56(54)64(53)46-24-28-52-50-18-6-10-22-60(50)66(62(52)40-46)34-32-44-16-4-8-20-58(44)66/h3-10,15-30,39-42H,1-2,11-14,31-38H2. The summed E-state index contributed by atoms with van der Waals surface area (Å²) in [7, 11) is 0. The molecule has 4 aliphatic carbocycles. The van der Waals surface area contributed by atoms with E-state index in [1.165, 1.54) is 160 Å². The third-order valence-corrected chi connectivity index (χ3v) is 17.9. The number of rotatable bonds is 4. The first-order valence-electron chi connectivity index (χ1n) is 25.9. The van der Waals surface area contributed by atoms with Gasteiger partial charge in [-0.2, -0.15) is 0 Å². The van der Waals surface area contributed by atoms with Gasteiger partial charge < -0.3 is 9.80 Å². The summed E-state index contributed by atoms with van der Waals surface area (Å²) in [6.45, 7) is 4.48. The number of piperidine rings is 2. The van der Waals surface area contributed by atoms with Crippen LogP contribution >= 0.6 is 0 Å². The van der Waals surface area contributed by atoms with Gasteiger partial charge in [0.2, 0.25) is 0 Å². The normalized spacial score (nSPS) is 20.8. The zero-order chi connectivity index (χ0) is 44.6. The lowest BCUT2D eigenvalue weighted by molar-refractivity contribution is 0.578. The highest BCUT2D eigenvalue weighted by atomic mass is 15.1. The first-order chi connectivity index (χ1) is 33.7. The van der Waals surface area contributed by atoms with Gasteiger partial charge in [-0.15, -0.1) is 0 Å². The van der Waals surface area contributed by atoms with Gasteiger partial charge in [0.15, 0.2) is 0 Å². The summed E-state index contributed by atoms with van der Waals surface area (Å²) < 4.78 is 0. The molecule has 0 saturated carbocycles. The van der Waals surface area contributed by atoms with E-state index in [-0.39, 0.29) is 10.8 Å². The average Bonchev–Trinajstić information content (AvgIpc) is 4.15. The molecule has 0 radical (unpaired) electrons. The molecular weight excluding hydrogens is 821 g/mol. The predicted octanol–water partition coefficient (Wildman–Crippen LogP) is 15.8. The summed E-state index contributed by atoms with van der Waals surface area (Å²) in [6.07, 6.45) is 12.1. The van der Waals surface area contributed by atoms with Gasteiger partial charge in [-0.1, -0.05) is 133 Å². The van der Waals surface area contributed by atoms with Crippen molar-refractivity contribution in [2.75, 3.05) is 36.0 Å². The second kappa shape index (κ2) is 14.8. The predicted molar refractivity (Wildman–Crippen MR) is 285 cm³/mol. The fraction of sp³-hybridized carbons (Fsp3) is 0.242. The molecule has 9 aromatic rings. The van der Waals surface area contributed by atoms with Gasteiger partial charge in [-0.3, -0.25) is 0 Å². The third-order valence-electron chi connectivity index (χ3n) is 17.9. The van der Waals surface area contributed by atoms with Crippen LogP contribution in [0, 0.1) is 0 Å². The van der Waals surface area contributed by atoms with Crippen molar-refractivity contribution in [3.63, 3.8) is 0 Å². The van der Waals surface area contributed by atoms with Gasteiger partial charge in [0.05, 0.1) is 0 Å². The monoisotopic (exact) mass is 876 g/mol. The fourth-order valence-electron chi connectivity index (χ4n) is 14.9. The first-order valence-corrected chi connectivity index (χ1v) is 25.9. The quantitative estimate of drug-likeness (QED) is 0.163. The van der Waals surface area contributed by atoms with Crippen molar-refractivity contribution in [3.05, 3.63) is 214 Å². The summed E-state index contributed by atoms with van der Waals surface area (Å²) in [6, 6.07) is 67.6. The van der Waals surface area contributed by atoms with Crippen molar-refractivity contribution in [2.45, 2.75) is 75.0 Å². The maximum Gasteiger partial charge on any atom is 0.0469 e. The highest BCUT2D eigenvalue weighted by Crippen LogP contribution is 2.61. The smallest absolute Gasteiger partial charge is 0.0469 e. The molecule has 2 atom stereocenters. The molecule has 9 aromatic carbocycles. The molecule has 330 valence electrons. The molecule has 0 N–H and O–H groups in total. The topological polar surface area (TPSA) is 6.48 Å². The van der Waals surface area contributed by atoms with Crippen molar-refractivity contribution < 1.29 is 0 Å². The van der Waals surface area contributed by atoms with E-state index in [1.807, 2.05) is 0 Å². The molecular formula is C66H56N2. The number of nitrogens with zero attached hydrogens (tertiary/aromatic N) is 2. The van der Waals surface area contributed by atoms with Crippen LogP contribution in [0.1, 0.15) is 95.9 Å². The van der Waals surface area contributed by atoms with E-state index in [0.717, 1.165) is 51.9 Å². The van der Waals surface area contributed by atoms with Crippen molar-refractivity contribution in [2.24, 2.45) is 0 Å². The summed E-state index contributed by atoms with van der Waals surface area (Å²) in [5.74, 6) is 0. The van der Waals surface area contributed by atoms with Crippen molar-refractivity contribution >= 4 is 32.9 Å². The molecule has 2 heteroatoms. The van der Waals surface area contributed by atoms with Gasteiger partial charge in [0.1, 0.15) is 0 Å². The van der Waals surface area contributed by atoms with Crippen LogP contribution in [0.25, 0.3) is 66.1 Å². The van der Waals surface area contributed by atoms with Crippen LogP contribution in [0.15, 0.2) is 170 Å². The van der Waals surface area contributed by atoms with E-state index < -0.39 is 0 Å². The van der Waals surface area contributed by atoms with E-state index in [2.05, 4.69) is 180 Å². The van der Waals surface area contributed by atoms with Crippen LogP contribution in [0.3, 0.4) is 0 Å². The molecule has 0 aromatic heterocycles. The Morgan fingerprint density at radius 2 is 0.706 bits per heavy atom. The lowest BCUT2D eigenvalue weighted by Gasteiger charge is -2.31. The second-order valence-electron chi connectivity index (χ2n) is 21.0. The maximum absolute atomic E-state index is 2.66. The van der Waals surface area contributed by atoms with Crippen LogP contribution in [0.2, 0.25) is 0 Å². The number of aryl methyl sites for hydroxylation is 2. The molecule has 6 aliphatic rings. The van der Waals surface area contributed by atoms with Crippen molar-refractivity contribution in [1.29, 1.82) is 0 Å². The fourth-order valence-corrected chi connectivity index (χ4v) is 14.9. The van der Waals surface area contributed by atoms with Crippen molar-refractivity contribution in [3.8, 4) is 44.5 Å². The van der Waals surface area contributed by atoms with Crippen LogP contribution in [-0.4, -0.2) is 26.2 Å². The highest BCUT2D eigenvalue weighted by molar-refractivity contribution is 6.22. The van der Waals surface area contributed by atoms with Gasteiger partial charge in [-0.05, 0) is 211 Å². The SMILES string of the molecule is c1ccc2c(c1)CCC21c2ccccc2-c2ccc(-c3c4ccc(N5CCCCC5)cc4c(-c4ccc5c(c4)C4(CCc6ccccc64)c4ccccc4-5)c4ccc(N5CCCCC5)cc34)cc21. The van der Waals surface area contributed by atoms with Crippen LogP contribution in [0.4, 0.5) is 11.4 Å². The number of hydrogen-bond donors (Lipinski definition) is 0. The Kier molecular flexibility index (Phi) is 8.52. The molecule has 2 aliphatic heterocycles. The Hall–Kier alpha value is -6.90. The largest absolute Gasteiger partial charge is 0.372 e. The molecule has 2 unspecified atom stereocenters. The van der Waals surface area contributed by atoms with Gasteiger partial charge >= 0.3 is 0 Å². The third kappa shape index (κ3) is 5.35. The first kappa shape index (κ1) is 39.1. The molecule has 2 saturated heterocycles. The molecule has 2 fully saturated rings. The van der Waals surface area contributed by atoms with E-state index in [0.29, 0.717) is 0 Å². The number of fused-ring (bicyclic) bond motifs is 16. The zero-order valence-electron chi connectivity index (χ0n) is 39.0. The number of hydrogen-bond acceptors (Lipinski definition) is 2. The van der Waals surface area contributed by atoms with Crippen LogP contribution < -0.4 is 9.80 Å². The summed E-state index contributed by atoms with van der Waals surface area (Å²) in [5, 5.41) is 5.43. The lowest BCUT2D eigenvalue weighted by Crippen LogP contribution is -2.29. The Balaban J connectivity index is 1.02. The van der Waals surface area contributed by atoms with E-state index in [1.54, 1.807) is 0 Å². The summed E-state index contributed by atoms with van der Waals surface area (Å²) >= 11 is 0. The van der Waals surface area contributed by atoms with Gasteiger partial charge in [-0.25, -0.2) is 0 Å².